The second kappa shape index (κ2) is 9.13. The van der Waals surface area contributed by atoms with Crippen molar-refractivity contribution >= 4 is 22.5 Å². The quantitative estimate of drug-likeness (QED) is 0.727. The van der Waals surface area contributed by atoms with Crippen molar-refractivity contribution in [3.8, 4) is 0 Å². The highest BCUT2D eigenvalue weighted by atomic mass is 16.2. The first-order valence-electron chi connectivity index (χ1n) is 10.3. The van der Waals surface area contributed by atoms with E-state index in [0.717, 1.165) is 48.9 Å². The van der Waals surface area contributed by atoms with Crippen LogP contribution in [0.5, 0.6) is 0 Å². The van der Waals surface area contributed by atoms with Gasteiger partial charge >= 0.3 is 0 Å². The lowest BCUT2D eigenvalue weighted by molar-refractivity contribution is -0.892. The van der Waals surface area contributed by atoms with Crippen molar-refractivity contribution in [2.24, 2.45) is 0 Å². The van der Waals surface area contributed by atoms with Gasteiger partial charge in [-0.25, -0.2) is 0 Å². The number of fused-ring (bicyclic) bond motifs is 2. The number of carbonyl (C=O) groups excluding carboxylic acids is 1. The monoisotopic (exact) mass is 354 g/mol. The lowest BCUT2D eigenvalue weighted by Crippen LogP contribution is -3.13. The zero-order chi connectivity index (χ0) is 18.4. The molecule has 0 saturated carbocycles. The van der Waals surface area contributed by atoms with Crippen LogP contribution in [0.1, 0.15) is 57.2 Å². The van der Waals surface area contributed by atoms with E-state index < -0.39 is 0 Å². The van der Waals surface area contributed by atoms with Gasteiger partial charge in [0.05, 0.1) is 24.3 Å². The molecule has 26 heavy (non-hydrogen) atoms. The number of hydrogen-bond acceptors (Lipinski definition) is 2. The molecule has 4 heteroatoms. The standard InChI is InChI=1S/C22H31N3O/c1-3-5-14-25(15-6-4-2)16-21(26)24-22-17-10-7-8-12-19(17)23-20-13-9-11-18(20)22/h7-8,10,12H,3-6,9,11,13-16H2,1-2H3,(H,23,24,26)/p+1. The van der Waals surface area contributed by atoms with E-state index in [1.54, 1.807) is 0 Å². The maximum atomic E-state index is 12.8. The SMILES string of the molecule is CCCC[NH+](CCCC)CC(=O)Nc1c2c(nc3ccccc13)CCC2. The van der Waals surface area contributed by atoms with Crippen LogP contribution in [0.15, 0.2) is 24.3 Å². The first kappa shape index (κ1) is 18.8. The third-order valence-corrected chi connectivity index (χ3v) is 5.36. The van der Waals surface area contributed by atoms with Gasteiger partial charge in [-0.05, 0) is 43.7 Å². The molecule has 1 aliphatic carbocycles. The highest BCUT2D eigenvalue weighted by Crippen LogP contribution is 2.33. The predicted molar refractivity (Wildman–Crippen MR) is 108 cm³/mol. The molecule has 0 radical (unpaired) electrons. The van der Waals surface area contributed by atoms with Gasteiger partial charge in [-0.3, -0.25) is 9.78 Å². The van der Waals surface area contributed by atoms with Gasteiger partial charge in [0.25, 0.3) is 5.91 Å². The number of amides is 1. The molecule has 1 amide bonds. The Labute approximate surface area is 157 Å². The Balaban J connectivity index is 1.78. The van der Waals surface area contributed by atoms with Crippen LogP contribution >= 0.6 is 0 Å². The van der Waals surface area contributed by atoms with Crippen LogP contribution < -0.4 is 10.2 Å². The fourth-order valence-electron chi connectivity index (χ4n) is 3.92. The molecule has 0 unspecified atom stereocenters. The van der Waals surface area contributed by atoms with Gasteiger partial charge in [-0.1, -0.05) is 44.9 Å². The average Bonchev–Trinajstić information content (AvgIpc) is 3.12. The summed E-state index contributed by atoms with van der Waals surface area (Å²) in [5.41, 5.74) is 4.42. The maximum absolute atomic E-state index is 12.8. The Morgan fingerprint density at radius 2 is 1.85 bits per heavy atom. The molecule has 1 aliphatic rings. The van der Waals surface area contributed by atoms with Crippen LogP contribution in [-0.2, 0) is 17.6 Å². The number of nitrogens with zero attached hydrogens (tertiary/aromatic N) is 1. The molecule has 1 aromatic heterocycles. The van der Waals surface area contributed by atoms with Gasteiger partial charge in [-0.2, -0.15) is 0 Å². The molecule has 0 fully saturated rings. The summed E-state index contributed by atoms with van der Waals surface area (Å²) in [5, 5.41) is 4.34. The van der Waals surface area contributed by atoms with E-state index in [0.29, 0.717) is 6.54 Å². The number of pyridine rings is 1. The lowest BCUT2D eigenvalue weighted by Gasteiger charge is -2.20. The molecule has 0 aliphatic heterocycles. The smallest absolute Gasteiger partial charge is 0.279 e. The topological polar surface area (TPSA) is 46.4 Å². The van der Waals surface area contributed by atoms with Crippen LogP contribution in [0.3, 0.4) is 0 Å². The molecule has 0 bridgehead atoms. The molecule has 4 nitrogen and oxygen atoms in total. The van der Waals surface area contributed by atoms with Crippen LogP contribution in [0, 0.1) is 0 Å². The summed E-state index contributed by atoms with van der Waals surface area (Å²) in [6, 6.07) is 8.17. The van der Waals surface area contributed by atoms with Gasteiger partial charge in [0.15, 0.2) is 6.54 Å². The van der Waals surface area contributed by atoms with Gasteiger partial charge in [0.1, 0.15) is 0 Å². The van der Waals surface area contributed by atoms with Crippen molar-refractivity contribution in [2.75, 3.05) is 25.0 Å². The Morgan fingerprint density at radius 1 is 1.12 bits per heavy atom. The van der Waals surface area contributed by atoms with E-state index in [4.69, 9.17) is 4.98 Å². The zero-order valence-corrected chi connectivity index (χ0v) is 16.2. The van der Waals surface area contributed by atoms with Crippen LogP contribution in [-0.4, -0.2) is 30.5 Å². The van der Waals surface area contributed by atoms with E-state index in [1.807, 2.05) is 18.2 Å². The lowest BCUT2D eigenvalue weighted by atomic mass is 10.1. The molecular weight excluding hydrogens is 322 g/mol. The minimum atomic E-state index is 0.137. The summed E-state index contributed by atoms with van der Waals surface area (Å²) in [5.74, 6) is 0.137. The molecule has 3 rings (SSSR count). The minimum absolute atomic E-state index is 0.137. The average molecular weight is 355 g/mol. The number of unbranched alkanes of at least 4 members (excludes halogenated alkanes) is 2. The van der Waals surface area contributed by atoms with E-state index in [1.165, 1.54) is 41.8 Å². The molecule has 0 saturated heterocycles. The van der Waals surface area contributed by atoms with Gasteiger partial charge in [0.2, 0.25) is 0 Å². The number of rotatable bonds is 9. The maximum Gasteiger partial charge on any atom is 0.279 e. The molecule has 0 spiro atoms. The highest BCUT2D eigenvalue weighted by Gasteiger charge is 2.22. The molecule has 1 aromatic carbocycles. The van der Waals surface area contributed by atoms with E-state index in [9.17, 15) is 4.79 Å². The first-order valence-corrected chi connectivity index (χ1v) is 10.3. The Morgan fingerprint density at radius 3 is 2.58 bits per heavy atom. The summed E-state index contributed by atoms with van der Waals surface area (Å²) >= 11 is 0. The van der Waals surface area contributed by atoms with Gasteiger partial charge in [0, 0.05) is 11.1 Å². The van der Waals surface area contributed by atoms with Crippen LogP contribution in [0.4, 0.5) is 5.69 Å². The molecule has 140 valence electrons. The summed E-state index contributed by atoms with van der Waals surface area (Å²) in [4.78, 5) is 19.1. The van der Waals surface area contributed by atoms with E-state index >= 15 is 0 Å². The fraction of sp³-hybridized carbons (Fsp3) is 0.545. The highest BCUT2D eigenvalue weighted by molar-refractivity contribution is 6.03. The van der Waals surface area contributed by atoms with E-state index in [2.05, 4.69) is 25.2 Å². The summed E-state index contributed by atoms with van der Waals surface area (Å²) in [7, 11) is 0. The number of nitrogens with one attached hydrogen (secondary N) is 2. The largest absolute Gasteiger partial charge is 0.327 e. The molecule has 1 heterocycles. The first-order chi connectivity index (χ1) is 12.7. The number of hydrogen-bond donors (Lipinski definition) is 2. The second-order valence-electron chi connectivity index (χ2n) is 7.46. The number of anilines is 1. The zero-order valence-electron chi connectivity index (χ0n) is 16.2. The second-order valence-corrected chi connectivity index (χ2v) is 7.46. The third kappa shape index (κ3) is 4.42. The van der Waals surface area contributed by atoms with Crippen LogP contribution in [0.2, 0.25) is 0 Å². The summed E-state index contributed by atoms with van der Waals surface area (Å²) < 4.78 is 0. The number of benzene rings is 1. The molecule has 0 atom stereocenters. The number of aryl methyl sites for hydroxylation is 1. The van der Waals surface area contributed by atoms with Gasteiger partial charge in [-0.15, -0.1) is 0 Å². The van der Waals surface area contributed by atoms with Crippen molar-refractivity contribution in [3.63, 3.8) is 0 Å². The normalized spacial score (nSPS) is 13.3. The minimum Gasteiger partial charge on any atom is -0.327 e. The number of aromatic nitrogens is 1. The van der Waals surface area contributed by atoms with Crippen molar-refractivity contribution < 1.29 is 9.69 Å². The fourth-order valence-corrected chi connectivity index (χ4v) is 3.92. The number of para-hydroxylation sites is 1. The van der Waals surface area contributed by atoms with Crippen molar-refractivity contribution in [2.45, 2.75) is 58.8 Å². The summed E-state index contributed by atoms with van der Waals surface area (Å²) in [6.45, 7) is 7.15. The van der Waals surface area contributed by atoms with Gasteiger partial charge < -0.3 is 10.2 Å². The number of quaternary nitrogens is 1. The van der Waals surface area contributed by atoms with Crippen molar-refractivity contribution in [1.82, 2.24) is 4.98 Å². The van der Waals surface area contributed by atoms with Crippen molar-refractivity contribution in [3.05, 3.63) is 35.5 Å². The summed E-state index contributed by atoms with van der Waals surface area (Å²) in [6.07, 6.45) is 7.89. The third-order valence-electron chi connectivity index (χ3n) is 5.36. The molecular formula is C22H32N3O+. The molecule has 2 N–H and O–H groups in total. The van der Waals surface area contributed by atoms with E-state index in [-0.39, 0.29) is 5.91 Å². The Hall–Kier alpha value is -1.94. The van der Waals surface area contributed by atoms with Crippen LogP contribution in [0.25, 0.3) is 10.9 Å². The number of carbonyl (C=O) groups is 1. The predicted octanol–water partition coefficient (Wildman–Crippen LogP) is 3.15. The van der Waals surface area contributed by atoms with Crippen molar-refractivity contribution in [1.29, 1.82) is 0 Å². The Kier molecular flexibility index (Phi) is 6.62. The Bertz CT molecular complexity index is 748. The molecule has 2 aromatic rings.